The Morgan fingerprint density at radius 2 is 1.14 bits per heavy atom. The fraction of sp³-hybridized carbons (Fsp3) is 0.262. The van der Waals surface area contributed by atoms with Gasteiger partial charge in [-0.2, -0.15) is 12.1 Å². The first kappa shape index (κ1) is 48.5. The van der Waals surface area contributed by atoms with Gasteiger partial charge < -0.3 is 13.8 Å². The quantitative estimate of drug-likeness (QED) is 0.117. The number of hydrogen-bond acceptors (Lipinski definition) is 2. The number of para-hydroxylation sites is 1. The Morgan fingerprint density at radius 1 is 0.535 bits per heavy atom. The first-order chi connectivity index (χ1) is 33.1. The summed E-state index contributed by atoms with van der Waals surface area (Å²) in [4.78, 5) is 4.99. The molecular weight excluding hydrogens is 1050 g/mol. The maximum Gasteiger partial charge on any atom is 0.187 e. The molecule has 1 saturated heterocycles. The second kappa shape index (κ2) is 17.0. The maximum atomic E-state index is 6.90. The van der Waals surface area contributed by atoms with Gasteiger partial charge in [-0.15, -0.1) is 29.7 Å². The Bertz CT molecular complexity index is 3480. The van der Waals surface area contributed by atoms with E-state index in [0.29, 0.717) is 20.5 Å². The van der Waals surface area contributed by atoms with Crippen molar-refractivity contribution >= 4 is 44.6 Å². The van der Waals surface area contributed by atoms with Crippen molar-refractivity contribution in [3.63, 3.8) is 0 Å². The van der Waals surface area contributed by atoms with E-state index < -0.39 is 0 Å². The van der Waals surface area contributed by atoms with Crippen LogP contribution in [0.3, 0.4) is 0 Å². The number of rotatable bonds is 7. The molecule has 3 aliphatic rings. The summed E-state index contributed by atoms with van der Waals surface area (Å²) in [5.74, 6) is 2.12. The fourth-order valence-corrected chi connectivity index (χ4v) is 10.8. The third-order valence-corrected chi connectivity index (χ3v) is 14.8. The molecule has 362 valence electrons. The third kappa shape index (κ3) is 8.19. The molecule has 0 unspecified atom stereocenters. The van der Waals surface area contributed by atoms with Crippen LogP contribution in [0.5, 0.6) is 11.5 Å². The molecule has 3 aliphatic heterocycles. The second-order valence-electron chi connectivity index (χ2n) is 23.9. The molecule has 5 nitrogen and oxygen atoms in total. The predicted octanol–water partition coefficient (Wildman–Crippen LogP) is 17.5. The smallest absolute Gasteiger partial charge is 0.187 e. The van der Waals surface area contributed by atoms with Crippen LogP contribution in [0, 0.1) is 18.8 Å². The number of fused-ring (bicyclic) bond motifs is 3. The molecule has 71 heavy (non-hydrogen) atoms. The van der Waals surface area contributed by atoms with Crippen LogP contribution in [-0.2, 0) is 42.7 Å². The summed E-state index contributed by atoms with van der Waals surface area (Å²) in [6.45, 7) is 31.0. The minimum absolute atomic E-state index is 0. The number of quaternary nitrogens is 2. The van der Waals surface area contributed by atoms with E-state index in [-0.39, 0.29) is 42.7 Å². The average molecular weight is 1110 g/mol. The molecule has 2 aromatic heterocycles. The zero-order valence-corrected chi connectivity index (χ0v) is 45.6. The Labute approximate surface area is 436 Å². The van der Waals surface area contributed by atoms with Crippen molar-refractivity contribution < 1.29 is 25.8 Å². The number of ether oxygens (including phenoxy) is 1. The predicted molar refractivity (Wildman–Crippen MR) is 293 cm³/mol. The van der Waals surface area contributed by atoms with Crippen molar-refractivity contribution in [3.8, 4) is 39.6 Å². The molecule has 5 heterocycles. The molecular formula is C65H65N4OPt-. The molecule has 0 radical (unpaired) electrons. The number of hydrogen-bond donors (Lipinski definition) is 0. The summed E-state index contributed by atoms with van der Waals surface area (Å²) in [6.07, 6.45) is 1.93. The summed E-state index contributed by atoms with van der Waals surface area (Å²) in [5.41, 5.74) is 16.9. The molecule has 7 aromatic carbocycles. The van der Waals surface area contributed by atoms with Crippen LogP contribution in [0.2, 0.25) is 0 Å². The van der Waals surface area contributed by atoms with Gasteiger partial charge in [0.25, 0.3) is 0 Å². The average Bonchev–Trinajstić information content (AvgIpc) is 3.92. The van der Waals surface area contributed by atoms with Gasteiger partial charge in [0.15, 0.2) is 18.0 Å². The van der Waals surface area contributed by atoms with Crippen molar-refractivity contribution in [1.29, 1.82) is 0 Å². The standard InChI is InChI=1S/C65H65N4O.Pt/c1-62(2,3)45-23-16-22-44(34-45)54-27-19-29-58-61(54)69(50-36-47(64(7,8)9)35-48(37-50)65(10,11)12)41-68(58,42-69)49-24-17-25-51(39-49)70-52-30-31-55-57(40-52)67(59-38-46(32-33-66-59)63(4,5)6)56-28-18-26-53(60(55)56)43-20-14-13-15-21-43;/h13-38,41H,42H2,1-12H3;/q-1;/t68-,69+;/m1./s1. The number of pyridine rings is 1. The van der Waals surface area contributed by atoms with Gasteiger partial charge >= 0.3 is 0 Å². The fourth-order valence-electron chi connectivity index (χ4n) is 10.8. The third-order valence-electron chi connectivity index (χ3n) is 14.8. The summed E-state index contributed by atoms with van der Waals surface area (Å²) in [7, 11) is 0. The Balaban J connectivity index is 0.00000582. The number of nitrogens with zero attached hydrogens (tertiary/aromatic N) is 4. The van der Waals surface area contributed by atoms with Crippen molar-refractivity contribution in [2.45, 2.75) is 105 Å². The molecule has 2 bridgehead atoms. The number of benzene rings is 7. The zero-order valence-electron chi connectivity index (χ0n) is 43.3. The van der Waals surface area contributed by atoms with Gasteiger partial charge in [0.1, 0.15) is 11.5 Å². The van der Waals surface area contributed by atoms with E-state index >= 15 is 0 Å². The maximum absolute atomic E-state index is 6.90. The number of aromatic nitrogens is 2. The summed E-state index contributed by atoms with van der Waals surface area (Å²) >= 11 is 0. The minimum Gasteiger partial charge on any atom is -0.509 e. The van der Waals surface area contributed by atoms with Gasteiger partial charge in [0.2, 0.25) is 0 Å². The molecule has 12 rings (SSSR count). The van der Waals surface area contributed by atoms with Crippen molar-refractivity contribution in [1.82, 2.24) is 18.5 Å². The van der Waals surface area contributed by atoms with E-state index in [1.165, 1.54) is 61.6 Å². The van der Waals surface area contributed by atoms with Gasteiger partial charge in [-0.05, 0) is 90.3 Å². The van der Waals surface area contributed by atoms with E-state index in [9.17, 15) is 0 Å². The molecule has 2 atom stereocenters. The normalized spacial score (nSPS) is 17.7. The first-order valence-electron chi connectivity index (χ1n) is 24.9. The monoisotopic (exact) mass is 1110 g/mol. The Hall–Kier alpha value is -6.10. The van der Waals surface area contributed by atoms with Crippen molar-refractivity contribution in [2.75, 3.05) is 6.67 Å². The van der Waals surface area contributed by atoms with E-state index in [0.717, 1.165) is 40.0 Å². The summed E-state index contributed by atoms with van der Waals surface area (Å²) in [6, 6.07) is 63.2. The van der Waals surface area contributed by atoms with E-state index in [4.69, 9.17) is 9.72 Å². The summed E-state index contributed by atoms with van der Waals surface area (Å²) in [5, 5.41) is 2.25. The Morgan fingerprint density at radius 3 is 1.83 bits per heavy atom. The van der Waals surface area contributed by atoms with Crippen molar-refractivity contribution in [3.05, 3.63) is 199 Å². The van der Waals surface area contributed by atoms with E-state index in [1.807, 2.05) is 12.3 Å². The van der Waals surface area contributed by atoms with Crippen molar-refractivity contribution in [2.24, 2.45) is 0 Å². The van der Waals surface area contributed by atoms with Gasteiger partial charge in [0.05, 0.1) is 6.67 Å². The van der Waals surface area contributed by atoms with Gasteiger partial charge in [0, 0.05) is 73.7 Å². The molecule has 0 amide bonds. The van der Waals surface area contributed by atoms with Crippen LogP contribution in [-0.4, -0.2) is 16.2 Å². The molecule has 9 aromatic rings. The summed E-state index contributed by atoms with van der Waals surface area (Å²) < 4.78 is 10.3. The van der Waals surface area contributed by atoms with Crippen LogP contribution in [0.15, 0.2) is 158 Å². The Kier molecular flexibility index (Phi) is 11.6. The zero-order chi connectivity index (χ0) is 49.2. The van der Waals surface area contributed by atoms with E-state index in [2.05, 4.69) is 252 Å². The molecule has 0 saturated carbocycles. The largest absolute Gasteiger partial charge is 0.509 e. The second-order valence-corrected chi connectivity index (χ2v) is 23.9. The molecule has 6 heteroatoms. The van der Waals surface area contributed by atoms with Crippen LogP contribution in [0.1, 0.15) is 105 Å². The van der Waals surface area contributed by atoms with Crippen LogP contribution in [0.25, 0.3) is 49.9 Å². The SMILES string of the molecule is CC(C)(C)c1cccc(-c2cccc3c2[N@@+]2(c4cc(C(C)(C)C)cc(C(C)(C)C)c4)[CH-][N@+]3(c3[c-]c(Oc4[c-]c5c(cc4)c4c(-c6ccccc6)cccc4n5-c4cc(C(C)(C)C)ccn4)ccc3)C2)c1.[Pt]. The topological polar surface area (TPSA) is 27.1 Å². The van der Waals surface area contributed by atoms with E-state index in [1.54, 1.807) is 0 Å². The first-order valence-corrected chi connectivity index (χ1v) is 24.9. The molecule has 0 aliphatic carbocycles. The van der Waals surface area contributed by atoms with Crippen LogP contribution >= 0.6 is 0 Å². The minimum atomic E-state index is -0.0521. The molecule has 0 spiro atoms. The van der Waals surface area contributed by atoms with Crippen LogP contribution < -0.4 is 13.7 Å². The van der Waals surface area contributed by atoms with Crippen LogP contribution in [0.4, 0.5) is 22.7 Å². The molecule has 1 fully saturated rings. The van der Waals surface area contributed by atoms with Gasteiger partial charge in [-0.3, -0.25) is 4.48 Å². The van der Waals surface area contributed by atoms with Gasteiger partial charge in [-0.1, -0.05) is 174 Å². The van der Waals surface area contributed by atoms with Gasteiger partial charge in [-0.25, -0.2) is 4.98 Å². The molecule has 0 N–H and O–H groups in total.